The second kappa shape index (κ2) is 8.72. The number of pyridine rings is 2. The Labute approximate surface area is 214 Å². The van der Waals surface area contributed by atoms with Crippen LogP contribution in [0.1, 0.15) is 39.3 Å². The summed E-state index contributed by atoms with van der Waals surface area (Å²) in [5.41, 5.74) is 2.95. The topological polar surface area (TPSA) is 107 Å². The molecule has 5 heterocycles. The monoisotopic (exact) mass is 505 g/mol. The molecule has 0 radical (unpaired) electrons. The molecule has 3 aromatic heterocycles. The maximum absolute atomic E-state index is 12.8. The first-order valence-corrected chi connectivity index (χ1v) is 12.7. The lowest BCUT2D eigenvalue weighted by Gasteiger charge is -2.29. The van der Waals surface area contributed by atoms with Crippen LogP contribution in [0.3, 0.4) is 0 Å². The average Bonchev–Trinajstić information content (AvgIpc) is 3.41. The molecule has 1 aliphatic carbocycles. The lowest BCUT2D eigenvalue weighted by molar-refractivity contribution is -0.117. The molecule has 1 N–H and O–H groups in total. The number of carbonyl (C=O) groups excluding carboxylic acids is 2. The minimum Gasteiger partial charge on any atom is -0.483 e. The number of anilines is 1. The number of amides is 2. The standard InChI is InChI=1S/C27H31N5O5/c1-15-9-19(17-7-8-32-18(10-17)11-23(30-32)29-25(33)16-5-6-16)21(12-28-15)36-24-20-14-35-22(24)13-31(20)26(34)37-27(2,3)4/h7-12,16,20,22,24H,5-6,13-14H2,1-4H3,(H,29,30,33)/t20-,22-,24+/m0/s1. The molecule has 0 spiro atoms. The fraction of sp³-hybridized carbons (Fsp3) is 0.481. The molecule has 2 saturated heterocycles. The quantitative estimate of drug-likeness (QED) is 0.562. The third-order valence-corrected chi connectivity index (χ3v) is 6.87. The van der Waals surface area contributed by atoms with E-state index in [9.17, 15) is 9.59 Å². The van der Waals surface area contributed by atoms with Gasteiger partial charge in [-0.25, -0.2) is 9.31 Å². The van der Waals surface area contributed by atoms with E-state index in [0.717, 1.165) is 35.2 Å². The number of ether oxygens (including phenoxy) is 3. The van der Waals surface area contributed by atoms with Crippen LogP contribution in [-0.4, -0.2) is 68.5 Å². The van der Waals surface area contributed by atoms with E-state index in [1.165, 1.54) is 0 Å². The number of carbonyl (C=O) groups is 2. The molecule has 0 aromatic carbocycles. The second-order valence-electron chi connectivity index (χ2n) is 11.1. The molecule has 3 atom stereocenters. The number of nitrogens with zero attached hydrogens (tertiary/aromatic N) is 4. The van der Waals surface area contributed by atoms with E-state index in [4.69, 9.17) is 14.2 Å². The van der Waals surface area contributed by atoms with Gasteiger partial charge in [-0.15, -0.1) is 0 Å². The van der Waals surface area contributed by atoms with Crippen molar-refractivity contribution in [3.63, 3.8) is 0 Å². The Morgan fingerprint density at radius 1 is 1.19 bits per heavy atom. The molecule has 194 valence electrons. The van der Waals surface area contributed by atoms with Crippen molar-refractivity contribution in [3.8, 4) is 16.9 Å². The molecule has 6 rings (SSSR count). The van der Waals surface area contributed by atoms with Crippen LogP contribution < -0.4 is 10.1 Å². The molecule has 3 aliphatic rings. The SMILES string of the molecule is Cc1cc(-c2ccn3nc(NC(=O)C4CC4)cc3c2)c(O[C@H]2[C@@H]3CN(C(=O)OC(C)(C)C)[C@H]2CO3)cn1. The predicted octanol–water partition coefficient (Wildman–Crippen LogP) is 3.82. The molecule has 0 unspecified atom stereocenters. The number of likely N-dealkylation sites (tertiary alicyclic amines) is 1. The van der Waals surface area contributed by atoms with Gasteiger partial charge in [-0.1, -0.05) is 0 Å². The number of nitrogens with one attached hydrogen (secondary N) is 1. The summed E-state index contributed by atoms with van der Waals surface area (Å²) in [6.45, 7) is 8.33. The van der Waals surface area contributed by atoms with Crippen molar-refractivity contribution in [2.24, 2.45) is 5.92 Å². The zero-order chi connectivity index (χ0) is 25.9. The molecule has 3 aromatic rings. The highest BCUT2D eigenvalue weighted by Gasteiger charge is 2.53. The summed E-state index contributed by atoms with van der Waals surface area (Å²) in [7, 11) is 0. The van der Waals surface area contributed by atoms with Gasteiger partial charge in [0.25, 0.3) is 0 Å². The van der Waals surface area contributed by atoms with Gasteiger partial charge in [-0.2, -0.15) is 5.10 Å². The number of morpholine rings is 1. The van der Waals surface area contributed by atoms with Crippen molar-refractivity contribution in [3.05, 3.63) is 42.4 Å². The molecular weight excluding hydrogens is 474 g/mol. The van der Waals surface area contributed by atoms with Crippen LogP contribution in [0.4, 0.5) is 10.6 Å². The summed E-state index contributed by atoms with van der Waals surface area (Å²) in [6, 6.07) is 7.58. The fourth-order valence-corrected chi connectivity index (χ4v) is 4.91. The van der Waals surface area contributed by atoms with E-state index in [2.05, 4.69) is 15.4 Å². The molecule has 2 aliphatic heterocycles. The van der Waals surface area contributed by atoms with Gasteiger partial charge in [-0.3, -0.25) is 14.7 Å². The number of aryl methyl sites for hydroxylation is 1. The molecule has 37 heavy (non-hydrogen) atoms. The van der Waals surface area contributed by atoms with Gasteiger partial charge in [0.15, 0.2) is 5.82 Å². The zero-order valence-corrected chi connectivity index (χ0v) is 21.4. The van der Waals surface area contributed by atoms with Crippen LogP contribution in [0.5, 0.6) is 5.75 Å². The summed E-state index contributed by atoms with van der Waals surface area (Å²) in [4.78, 5) is 31.1. The number of hydrogen-bond donors (Lipinski definition) is 1. The zero-order valence-electron chi connectivity index (χ0n) is 21.4. The summed E-state index contributed by atoms with van der Waals surface area (Å²) in [5.74, 6) is 1.30. The molecule has 2 amide bonds. The lowest BCUT2D eigenvalue weighted by atomic mass is 10.1. The molecule has 1 saturated carbocycles. The molecule has 10 heteroatoms. The van der Waals surface area contributed by atoms with Crippen LogP contribution in [0, 0.1) is 12.8 Å². The number of fused-ring (bicyclic) bond motifs is 3. The second-order valence-corrected chi connectivity index (χ2v) is 11.1. The highest BCUT2D eigenvalue weighted by Crippen LogP contribution is 2.37. The van der Waals surface area contributed by atoms with Crippen molar-refractivity contribution in [1.29, 1.82) is 0 Å². The van der Waals surface area contributed by atoms with Crippen molar-refractivity contribution in [2.75, 3.05) is 18.5 Å². The third kappa shape index (κ3) is 4.73. The lowest BCUT2D eigenvalue weighted by Crippen LogP contribution is -2.45. The van der Waals surface area contributed by atoms with Crippen LogP contribution in [0.2, 0.25) is 0 Å². The predicted molar refractivity (Wildman–Crippen MR) is 135 cm³/mol. The van der Waals surface area contributed by atoms with E-state index in [1.807, 2.05) is 58.2 Å². The normalized spacial score (nSPS) is 22.9. The van der Waals surface area contributed by atoms with Crippen LogP contribution in [0.25, 0.3) is 16.6 Å². The van der Waals surface area contributed by atoms with Gasteiger partial charge >= 0.3 is 6.09 Å². The highest BCUT2D eigenvalue weighted by molar-refractivity contribution is 5.93. The van der Waals surface area contributed by atoms with Gasteiger partial charge in [0, 0.05) is 29.4 Å². The summed E-state index contributed by atoms with van der Waals surface area (Å²) < 4.78 is 19.7. The molecular formula is C27H31N5O5. The Balaban J connectivity index is 1.25. The smallest absolute Gasteiger partial charge is 0.410 e. The first-order chi connectivity index (χ1) is 17.6. The Morgan fingerprint density at radius 3 is 2.76 bits per heavy atom. The summed E-state index contributed by atoms with van der Waals surface area (Å²) in [6.07, 6.45) is 4.56. The van der Waals surface area contributed by atoms with Gasteiger partial charge in [-0.05, 0) is 64.3 Å². The number of rotatable bonds is 5. The first kappa shape index (κ1) is 23.7. The summed E-state index contributed by atoms with van der Waals surface area (Å²) in [5, 5.41) is 7.38. The van der Waals surface area contributed by atoms with E-state index >= 15 is 0 Å². The highest BCUT2D eigenvalue weighted by atomic mass is 16.6. The third-order valence-electron chi connectivity index (χ3n) is 6.87. The van der Waals surface area contributed by atoms with Crippen LogP contribution in [-0.2, 0) is 14.3 Å². The Bertz CT molecular complexity index is 1380. The van der Waals surface area contributed by atoms with Gasteiger partial charge in [0.05, 0.1) is 30.9 Å². The van der Waals surface area contributed by atoms with E-state index in [0.29, 0.717) is 24.7 Å². The Kier molecular flexibility index (Phi) is 5.59. The largest absolute Gasteiger partial charge is 0.483 e. The average molecular weight is 506 g/mol. The molecule has 2 bridgehead atoms. The van der Waals surface area contributed by atoms with Crippen LogP contribution in [0.15, 0.2) is 36.7 Å². The van der Waals surface area contributed by atoms with E-state index < -0.39 is 5.60 Å². The molecule has 3 fully saturated rings. The molecule has 10 nitrogen and oxygen atoms in total. The number of hydrogen-bond acceptors (Lipinski definition) is 7. The maximum Gasteiger partial charge on any atom is 0.410 e. The minimum absolute atomic E-state index is 0.0258. The maximum atomic E-state index is 12.8. The van der Waals surface area contributed by atoms with Crippen molar-refractivity contribution in [1.82, 2.24) is 19.5 Å². The number of aromatic nitrogens is 3. The van der Waals surface area contributed by atoms with Gasteiger partial charge in [0.1, 0.15) is 23.6 Å². The Morgan fingerprint density at radius 2 is 2.00 bits per heavy atom. The van der Waals surface area contributed by atoms with Crippen molar-refractivity contribution < 1.29 is 23.8 Å². The van der Waals surface area contributed by atoms with Gasteiger partial charge in [0.2, 0.25) is 5.91 Å². The summed E-state index contributed by atoms with van der Waals surface area (Å²) >= 11 is 0. The van der Waals surface area contributed by atoms with Crippen LogP contribution >= 0.6 is 0 Å². The minimum atomic E-state index is -0.572. The fourth-order valence-electron chi connectivity index (χ4n) is 4.91. The Hall–Kier alpha value is -3.66. The van der Waals surface area contributed by atoms with E-state index in [1.54, 1.807) is 15.6 Å². The first-order valence-electron chi connectivity index (χ1n) is 12.7. The van der Waals surface area contributed by atoms with E-state index in [-0.39, 0.29) is 36.2 Å². The van der Waals surface area contributed by atoms with Crippen molar-refractivity contribution in [2.45, 2.75) is 64.4 Å². The van der Waals surface area contributed by atoms with Crippen molar-refractivity contribution >= 4 is 23.3 Å². The van der Waals surface area contributed by atoms with Gasteiger partial charge < -0.3 is 19.5 Å².